The molecule has 0 saturated carbocycles. The van der Waals surface area contributed by atoms with Crippen molar-refractivity contribution in [3.05, 3.63) is 27.1 Å². The summed E-state index contributed by atoms with van der Waals surface area (Å²) in [4.78, 5) is 0. The van der Waals surface area contributed by atoms with Crippen LogP contribution >= 0.6 is 31.9 Å². The molecule has 0 aliphatic rings. The fourth-order valence-corrected chi connectivity index (χ4v) is 2.51. The van der Waals surface area contributed by atoms with Gasteiger partial charge < -0.3 is 5.32 Å². The van der Waals surface area contributed by atoms with Crippen LogP contribution in [0.1, 0.15) is 27.2 Å². The van der Waals surface area contributed by atoms with Crippen molar-refractivity contribution in [1.29, 1.82) is 0 Å². The first kappa shape index (κ1) is 13.0. The van der Waals surface area contributed by atoms with E-state index in [0.717, 1.165) is 14.6 Å². The molecule has 0 fully saturated rings. The molecule has 0 aliphatic heterocycles. The van der Waals surface area contributed by atoms with Crippen molar-refractivity contribution in [2.45, 2.75) is 33.2 Å². The minimum Gasteiger partial charge on any atom is -0.381 e. The van der Waals surface area contributed by atoms with E-state index in [1.807, 2.05) is 0 Å². The molecule has 84 valence electrons. The highest BCUT2D eigenvalue weighted by Gasteiger charge is 2.11. The first-order valence-corrected chi connectivity index (χ1v) is 6.84. The van der Waals surface area contributed by atoms with E-state index in [1.54, 1.807) is 0 Å². The summed E-state index contributed by atoms with van der Waals surface area (Å²) < 4.78 is 2.20. The quantitative estimate of drug-likeness (QED) is 0.811. The molecule has 3 heteroatoms. The smallest absolute Gasteiger partial charge is 0.0487 e. The Bertz CT molecular complexity index is 325. The third-order valence-corrected chi connectivity index (χ3v) is 3.96. The van der Waals surface area contributed by atoms with Gasteiger partial charge >= 0.3 is 0 Å². The number of halogens is 2. The Morgan fingerprint density at radius 1 is 1.27 bits per heavy atom. The van der Waals surface area contributed by atoms with Gasteiger partial charge in [0.2, 0.25) is 0 Å². The molecule has 0 bridgehead atoms. The number of nitrogens with one attached hydrogen (secondary N) is 1. The molecule has 0 aliphatic carbocycles. The van der Waals surface area contributed by atoms with Crippen molar-refractivity contribution in [3.63, 3.8) is 0 Å². The Labute approximate surface area is 109 Å². The van der Waals surface area contributed by atoms with Crippen molar-refractivity contribution in [3.8, 4) is 0 Å². The molecular weight excluding hydrogens is 318 g/mol. The normalized spacial score (nSPS) is 14.7. The van der Waals surface area contributed by atoms with E-state index in [4.69, 9.17) is 0 Å². The lowest BCUT2D eigenvalue weighted by atomic mass is 10.0. The second kappa shape index (κ2) is 5.90. The predicted molar refractivity (Wildman–Crippen MR) is 74.4 cm³/mol. The van der Waals surface area contributed by atoms with E-state index in [1.165, 1.54) is 6.42 Å². The minimum absolute atomic E-state index is 0.493. The van der Waals surface area contributed by atoms with Crippen molar-refractivity contribution in [1.82, 2.24) is 0 Å². The topological polar surface area (TPSA) is 12.0 Å². The Hall–Kier alpha value is -0.0200. The first-order chi connectivity index (χ1) is 7.04. The fourth-order valence-electron chi connectivity index (χ4n) is 1.35. The molecule has 0 amide bonds. The predicted octanol–water partition coefficient (Wildman–Crippen LogP) is 5.06. The maximum Gasteiger partial charge on any atom is 0.0487 e. The van der Waals surface area contributed by atoms with Crippen LogP contribution < -0.4 is 5.32 Å². The zero-order chi connectivity index (χ0) is 11.4. The van der Waals surface area contributed by atoms with Crippen LogP contribution in [0, 0.1) is 5.92 Å². The van der Waals surface area contributed by atoms with E-state index in [2.05, 4.69) is 76.1 Å². The molecule has 15 heavy (non-hydrogen) atoms. The summed E-state index contributed by atoms with van der Waals surface area (Å²) >= 11 is 7.00. The Balaban J connectivity index is 2.72. The van der Waals surface area contributed by atoms with Gasteiger partial charge in [0, 0.05) is 20.7 Å². The van der Waals surface area contributed by atoms with Crippen LogP contribution in [0.2, 0.25) is 0 Å². The zero-order valence-electron chi connectivity index (χ0n) is 9.35. The number of benzene rings is 1. The zero-order valence-corrected chi connectivity index (χ0v) is 12.5. The second-order valence-electron chi connectivity index (χ2n) is 3.94. The number of anilines is 1. The first-order valence-electron chi connectivity index (χ1n) is 5.26. The highest BCUT2D eigenvalue weighted by molar-refractivity contribution is 9.11. The van der Waals surface area contributed by atoms with Gasteiger partial charge in [-0.3, -0.25) is 0 Å². The van der Waals surface area contributed by atoms with E-state index in [0.29, 0.717) is 12.0 Å². The summed E-state index contributed by atoms with van der Waals surface area (Å²) in [7, 11) is 0. The number of rotatable bonds is 4. The largest absolute Gasteiger partial charge is 0.381 e. The van der Waals surface area contributed by atoms with Gasteiger partial charge in [0.05, 0.1) is 0 Å². The maximum absolute atomic E-state index is 3.55. The summed E-state index contributed by atoms with van der Waals surface area (Å²) in [6, 6.07) is 6.70. The lowest BCUT2D eigenvalue weighted by Gasteiger charge is -2.21. The molecule has 1 nitrogen and oxygen atoms in total. The molecule has 2 atom stereocenters. The molecule has 0 aromatic heterocycles. The SMILES string of the molecule is CCC(C)C(C)Nc1ccc(Br)cc1Br. The molecule has 1 rings (SSSR count). The van der Waals surface area contributed by atoms with Gasteiger partial charge in [0.25, 0.3) is 0 Å². The van der Waals surface area contributed by atoms with Crippen molar-refractivity contribution < 1.29 is 0 Å². The van der Waals surface area contributed by atoms with Crippen LogP contribution in [0.15, 0.2) is 27.1 Å². The van der Waals surface area contributed by atoms with Gasteiger partial charge in [-0.15, -0.1) is 0 Å². The maximum atomic E-state index is 3.55. The molecule has 0 saturated heterocycles. The molecule has 0 spiro atoms. The van der Waals surface area contributed by atoms with Crippen LogP contribution in [-0.2, 0) is 0 Å². The number of hydrogen-bond acceptors (Lipinski definition) is 1. The average molecular weight is 335 g/mol. The summed E-state index contributed by atoms with van der Waals surface area (Å²) in [6.07, 6.45) is 1.20. The lowest BCUT2D eigenvalue weighted by molar-refractivity contribution is 0.494. The second-order valence-corrected chi connectivity index (χ2v) is 5.71. The molecular formula is C12H17Br2N. The summed E-state index contributed by atoms with van der Waals surface area (Å²) in [5, 5.41) is 3.52. The highest BCUT2D eigenvalue weighted by Crippen LogP contribution is 2.27. The molecule has 1 N–H and O–H groups in total. The minimum atomic E-state index is 0.493. The monoisotopic (exact) mass is 333 g/mol. The van der Waals surface area contributed by atoms with Gasteiger partial charge in [-0.1, -0.05) is 36.2 Å². The lowest BCUT2D eigenvalue weighted by Crippen LogP contribution is -2.23. The molecule has 0 heterocycles. The average Bonchev–Trinajstić information content (AvgIpc) is 2.20. The Morgan fingerprint density at radius 3 is 2.47 bits per heavy atom. The van der Waals surface area contributed by atoms with Gasteiger partial charge in [0.15, 0.2) is 0 Å². The Kier molecular flexibility index (Phi) is 5.13. The van der Waals surface area contributed by atoms with E-state index in [9.17, 15) is 0 Å². The third-order valence-electron chi connectivity index (χ3n) is 2.81. The molecule has 0 radical (unpaired) electrons. The summed E-state index contributed by atoms with van der Waals surface area (Å²) in [5.41, 5.74) is 1.16. The van der Waals surface area contributed by atoms with E-state index >= 15 is 0 Å². The fraction of sp³-hybridized carbons (Fsp3) is 0.500. The van der Waals surface area contributed by atoms with Crippen LogP contribution in [0.3, 0.4) is 0 Å². The van der Waals surface area contributed by atoms with Crippen LogP contribution in [0.4, 0.5) is 5.69 Å². The third kappa shape index (κ3) is 3.80. The Morgan fingerprint density at radius 2 is 1.93 bits per heavy atom. The van der Waals surface area contributed by atoms with Crippen molar-refractivity contribution >= 4 is 37.5 Å². The van der Waals surface area contributed by atoms with E-state index < -0.39 is 0 Å². The van der Waals surface area contributed by atoms with Crippen LogP contribution in [-0.4, -0.2) is 6.04 Å². The highest BCUT2D eigenvalue weighted by atomic mass is 79.9. The van der Waals surface area contributed by atoms with Gasteiger partial charge in [-0.25, -0.2) is 0 Å². The van der Waals surface area contributed by atoms with Gasteiger partial charge in [-0.05, 0) is 47.0 Å². The van der Waals surface area contributed by atoms with Gasteiger partial charge in [-0.2, -0.15) is 0 Å². The van der Waals surface area contributed by atoms with Crippen LogP contribution in [0.25, 0.3) is 0 Å². The van der Waals surface area contributed by atoms with Gasteiger partial charge in [0.1, 0.15) is 0 Å². The van der Waals surface area contributed by atoms with E-state index in [-0.39, 0.29) is 0 Å². The van der Waals surface area contributed by atoms with Crippen molar-refractivity contribution in [2.24, 2.45) is 5.92 Å². The van der Waals surface area contributed by atoms with Crippen LogP contribution in [0.5, 0.6) is 0 Å². The molecule has 2 unspecified atom stereocenters. The summed E-state index contributed by atoms with van der Waals surface area (Å²) in [5.74, 6) is 0.681. The number of hydrogen-bond donors (Lipinski definition) is 1. The molecule has 1 aromatic carbocycles. The van der Waals surface area contributed by atoms with Crippen molar-refractivity contribution in [2.75, 3.05) is 5.32 Å². The summed E-state index contributed by atoms with van der Waals surface area (Å²) in [6.45, 7) is 6.71. The molecule has 1 aromatic rings. The standard InChI is InChI=1S/C12H17Br2N/c1-4-8(2)9(3)15-12-6-5-10(13)7-11(12)14/h5-9,15H,4H2,1-3H3.